The van der Waals surface area contributed by atoms with Gasteiger partial charge in [-0.2, -0.15) is 18.3 Å². The van der Waals surface area contributed by atoms with E-state index in [4.69, 9.17) is 11.6 Å². The first-order valence-corrected chi connectivity index (χ1v) is 7.14. The second-order valence-corrected chi connectivity index (χ2v) is 6.20. The molecule has 1 aliphatic carbocycles. The predicted molar refractivity (Wildman–Crippen MR) is 74.6 cm³/mol. The number of anilines is 1. The van der Waals surface area contributed by atoms with E-state index in [1.165, 1.54) is 6.20 Å². The van der Waals surface area contributed by atoms with Gasteiger partial charge in [-0.3, -0.25) is 4.79 Å². The van der Waals surface area contributed by atoms with Gasteiger partial charge < -0.3 is 5.32 Å². The fourth-order valence-corrected chi connectivity index (χ4v) is 2.80. The van der Waals surface area contributed by atoms with Crippen molar-refractivity contribution in [2.45, 2.75) is 45.3 Å². The van der Waals surface area contributed by atoms with Crippen LogP contribution in [-0.4, -0.2) is 22.5 Å². The molecule has 0 saturated heterocycles. The summed E-state index contributed by atoms with van der Waals surface area (Å²) in [7, 11) is 0. The number of aromatic nitrogens is 2. The maximum absolute atomic E-state index is 12.3. The normalized spacial score (nSPS) is 18.0. The lowest BCUT2D eigenvalue weighted by atomic mass is 9.89. The van der Waals surface area contributed by atoms with Gasteiger partial charge in [0.05, 0.1) is 11.9 Å². The number of rotatable bonds is 4. The van der Waals surface area contributed by atoms with Gasteiger partial charge >= 0.3 is 6.18 Å². The highest BCUT2D eigenvalue weighted by atomic mass is 35.5. The summed E-state index contributed by atoms with van der Waals surface area (Å²) in [6.07, 6.45) is 1.15. The molecule has 0 amide bonds. The zero-order chi connectivity index (χ0) is 15.7. The Labute approximate surface area is 125 Å². The van der Waals surface area contributed by atoms with Crippen LogP contribution in [0, 0.1) is 5.41 Å². The molecule has 0 spiro atoms. The van der Waals surface area contributed by atoms with Crippen molar-refractivity contribution >= 4 is 17.3 Å². The van der Waals surface area contributed by atoms with Crippen LogP contribution in [0.15, 0.2) is 11.0 Å². The third-order valence-corrected chi connectivity index (χ3v) is 4.20. The fraction of sp³-hybridized carbons (Fsp3) is 0.692. The highest BCUT2D eigenvalue weighted by molar-refractivity contribution is 6.32. The summed E-state index contributed by atoms with van der Waals surface area (Å²) >= 11 is 5.85. The summed E-state index contributed by atoms with van der Waals surface area (Å²) in [5, 5.41) is 6.31. The van der Waals surface area contributed by atoms with E-state index in [9.17, 15) is 18.0 Å². The van der Waals surface area contributed by atoms with E-state index in [2.05, 4.69) is 17.3 Å². The molecule has 8 heteroatoms. The van der Waals surface area contributed by atoms with Crippen LogP contribution in [0.25, 0.3) is 0 Å². The van der Waals surface area contributed by atoms with E-state index < -0.39 is 18.3 Å². The zero-order valence-electron chi connectivity index (χ0n) is 11.6. The first-order chi connectivity index (χ1) is 9.70. The van der Waals surface area contributed by atoms with Crippen LogP contribution in [0.3, 0.4) is 0 Å². The smallest absolute Gasteiger partial charge is 0.382 e. The van der Waals surface area contributed by atoms with E-state index in [1.807, 2.05) is 0 Å². The molecule has 1 N–H and O–H groups in total. The van der Waals surface area contributed by atoms with Crippen molar-refractivity contribution in [3.8, 4) is 0 Å². The first kappa shape index (κ1) is 16.1. The average Bonchev–Trinajstić information content (AvgIpc) is 2.80. The maximum Gasteiger partial charge on any atom is 0.408 e. The third-order valence-electron chi connectivity index (χ3n) is 3.83. The second-order valence-electron chi connectivity index (χ2n) is 5.82. The molecule has 1 aliphatic rings. The van der Waals surface area contributed by atoms with Crippen LogP contribution in [-0.2, 0) is 6.54 Å². The Morgan fingerprint density at radius 1 is 1.43 bits per heavy atom. The molecule has 0 bridgehead atoms. The Hall–Kier alpha value is -1.24. The molecule has 2 rings (SSSR count). The Kier molecular flexibility index (Phi) is 4.51. The molecule has 1 heterocycles. The summed E-state index contributed by atoms with van der Waals surface area (Å²) in [5.74, 6) is 0. The molecular formula is C13H17ClF3N3O. The Bertz CT molecular complexity index is 565. The van der Waals surface area contributed by atoms with Gasteiger partial charge in [-0.05, 0) is 18.3 Å². The first-order valence-electron chi connectivity index (χ1n) is 6.76. The lowest BCUT2D eigenvalue weighted by Gasteiger charge is -2.24. The van der Waals surface area contributed by atoms with E-state index in [0.29, 0.717) is 11.2 Å². The fourth-order valence-electron chi connectivity index (χ4n) is 2.58. The van der Waals surface area contributed by atoms with Crippen molar-refractivity contribution in [2.24, 2.45) is 5.41 Å². The number of alkyl halides is 3. The van der Waals surface area contributed by atoms with Crippen LogP contribution in [0.1, 0.15) is 32.6 Å². The summed E-state index contributed by atoms with van der Waals surface area (Å²) in [4.78, 5) is 11.8. The molecular weight excluding hydrogens is 307 g/mol. The van der Waals surface area contributed by atoms with E-state index in [1.54, 1.807) is 0 Å². The quantitative estimate of drug-likeness (QED) is 0.923. The Morgan fingerprint density at radius 3 is 2.62 bits per heavy atom. The monoisotopic (exact) mass is 323 g/mol. The molecule has 0 aliphatic heterocycles. The summed E-state index contributed by atoms with van der Waals surface area (Å²) in [5.41, 5.74) is -0.520. The average molecular weight is 324 g/mol. The lowest BCUT2D eigenvalue weighted by molar-refractivity contribution is -0.143. The topological polar surface area (TPSA) is 46.9 Å². The molecule has 0 aromatic carbocycles. The molecule has 4 nitrogen and oxygen atoms in total. The lowest BCUT2D eigenvalue weighted by Crippen LogP contribution is -2.31. The van der Waals surface area contributed by atoms with Gasteiger partial charge in [-0.25, -0.2) is 4.68 Å². The minimum Gasteiger partial charge on any atom is -0.382 e. The number of hydrogen-bond donors (Lipinski definition) is 1. The van der Waals surface area contributed by atoms with Gasteiger partial charge in [0.15, 0.2) is 0 Å². The van der Waals surface area contributed by atoms with Crippen molar-refractivity contribution in [1.29, 1.82) is 0 Å². The van der Waals surface area contributed by atoms with Crippen LogP contribution in [0.2, 0.25) is 5.02 Å². The Morgan fingerprint density at radius 2 is 2.05 bits per heavy atom. The number of halogens is 4. The molecule has 0 unspecified atom stereocenters. The van der Waals surface area contributed by atoms with Crippen molar-refractivity contribution in [3.05, 3.63) is 21.6 Å². The number of nitrogens with zero attached hydrogens (tertiary/aromatic N) is 2. The van der Waals surface area contributed by atoms with E-state index in [0.717, 1.165) is 25.7 Å². The molecule has 118 valence electrons. The minimum atomic E-state index is -4.51. The predicted octanol–water partition coefficient (Wildman–Crippen LogP) is 3.45. The summed E-state index contributed by atoms with van der Waals surface area (Å²) < 4.78 is 37.2. The maximum atomic E-state index is 12.3. The summed E-state index contributed by atoms with van der Waals surface area (Å²) in [6, 6.07) is 0. The van der Waals surface area contributed by atoms with Crippen LogP contribution < -0.4 is 10.9 Å². The zero-order valence-corrected chi connectivity index (χ0v) is 12.4. The second kappa shape index (κ2) is 5.87. The Balaban J connectivity index is 2.11. The highest BCUT2D eigenvalue weighted by Crippen LogP contribution is 2.37. The van der Waals surface area contributed by atoms with Crippen molar-refractivity contribution in [2.75, 3.05) is 11.9 Å². The van der Waals surface area contributed by atoms with Gasteiger partial charge in [0, 0.05) is 6.54 Å². The minimum absolute atomic E-state index is 0.129. The molecule has 1 aromatic rings. The van der Waals surface area contributed by atoms with Gasteiger partial charge in [-0.1, -0.05) is 31.4 Å². The summed E-state index contributed by atoms with van der Waals surface area (Å²) in [6.45, 7) is 1.32. The van der Waals surface area contributed by atoms with Crippen molar-refractivity contribution in [1.82, 2.24) is 9.78 Å². The van der Waals surface area contributed by atoms with E-state index >= 15 is 0 Å². The molecule has 1 aromatic heterocycles. The largest absolute Gasteiger partial charge is 0.408 e. The van der Waals surface area contributed by atoms with Crippen LogP contribution in [0.4, 0.5) is 18.9 Å². The standard InChI is InChI=1S/C13H17ClF3N3O/c1-12(4-2-3-5-12)7-18-9-6-19-20(8-13(15,16)17)11(21)10(9)14/h6,18H,2-5,7-8H2,1H3. The van der Waals surface area contributed by atoms with Crippen molar-refractivity contribution < 1.29 is 13.2 Å². The third kappa shape index (κ3) is 4.12. The van der Waals surface area contributed by atoms with Crippen LogP contribution in [0.5, 0.6) is 0 Å². The van der Waals surface area contributed by atoms with Gasteiger partial charge in [0.2, 0.25) is 0 Å². The van der Waals surface area contributed by atoms with Crippen LogP contribution >= 0.6 is 11.6 Å². The molecule has 0 atom stereocenters. The molecule has 21 heavy (non-hydrogen) atoms. The number of nitrogens with one attached hydrogen (secondary N) is 1. The van der Waals surface area contributed by atoms with Gasteiger partial charge in [0.1, 0.15) is 11.6 Å². The molecule has 1 fully saturated rings. The van der Waals surface area contributed by atoms with Crippen molar-refractivity contribution in [3.63, 3.8) is 0 Å². The SMILES string of the molecule is CC1(CNc2cnn(CC(F)(F)F)c(=O)c2Cl)CCCC1. The number of hydrogen-bond acceptors (Lipinski definition) is 3. The van der Waals surface area contributed by atoms with Gasteiger partial charge in [0.25, 0.3) is 5.56 Å². The molecule has 0 radical (unpaired) electrons. The van der Waals surface area contributed by atoms with E-state index in [-0.39, 0.29) is 16.1 Å². The van der Waals surface area contributed by atoms with Gasteiger partial charge in [-0.15, -0.1) is 0 Å². The highest BCUT2D eigenvalue weighted by Gasteiger charge is 2.31. The molecule has 1 saturated carbocycles.